The summed E-state index contributed by atoms with van der Waals surface area (Å²) in [5, 5.41) is 16.2. The van der Waals surface area contributed by atoms with E-state index < -0.39 is 16.6 Å². The van der Waals surface area contributed by atoms with Gasteiger partial charge in [-0.25, -0.2) is 9.78 Å². The lowest BCUT2D eigenvalue weighted by Crippen LogP contribution is -2.35. The number of alkyl carbamates (subject to hydrolysis) is 1. The highest BCUT2D eigenvalue weighted by Gasteiger charge is 2.15. The normalized spacial score (nSPS) is 10.9. The first-order valence-electron chi connectivity index (χ1n) is 6.51. The maximum atomic E-state index is 11.4. The van der Waals surface area contributed by atoms with Gasteiger partial charge in [-0.2, -0.15) is 0 Å². The SMILES string of the molecule is Cc1cc([N+](=O)[O-])cnc1NCCNC(=O)OC(C)(C)C. The van der Waals surface area contributed by atoms with E-state index in [1.54, 1.807) is 27.7 Å². The summed E-state index contributed by atoms with van der Waals surface area (Å²) in [7, 11) is 0. The van der Waals surface area contributed by atoms with Crippen LogP contribution < -0.4 is 10.6 Å². The van der Waals surface area contributed by atoms with Crippen LogP contribution in [-0.2, 0) is 4.74 Å². The number of nitro groups is 1. The van der Waals surface area contributed by atoms with Crippen molar-refractivity contribution in [2.45, 2.75) is 33.3 Å². The lowest BCUT2D eigenvalue weighted by atomic mass is 10.2. The Morgan fingerprint density at radius 3 is 2.62 bits per heavy atom. The predicted octanol–water partition coefficient (Wildman–Crippen LogP) is 2.23. The molecular formula is C13H20N4O4. The van der Waals surface area contributed by atoms with Gasteiger partial charge in [0.25, 0.3) is 5.69 Å². The number of rotatable bonds is 5. The number of aryl methyl sites for hydroxylation is 1. The molecule has 0 aromatic carbocycles. The molecule has 0 aliphatic carbocycles. The zero-order chi connectivity index (χ0) is 16.0. The van der Waals surface area contributed by atoms with Gasteiger partial charge in [-0.05, 0) is 33.3 Å². The summed E-state index contributed by atoms with van der Waals surface area (Å²) in [6.07, 6.45) is 0.703. The summed E-state index contributed by atoms with van der Waals surface area (Å²) in [5.74, 6) is 0.548. The van der Waals surface area contributed by atoms with Crippen LogP contribution in [0.2, 0.25) is 0 Å². The minimum Gasteiger partial charge on any atom is -0.444 e. The van der Waals surface area contributed by atoms with Crippen LogP contribution in [0, 0.1) is 17.0 Å². The van der Waals surface area contributed by atoms with Crippen LogP contribution in [0.15, 0.2) is 12.3 Å². The number of amides is 1. The average Bonchev–Trinajstić information content (AvgIpc) is 2.33. The maximum absolute atomic E-state index is 11.4. The number of hydrogen-bond donors (Lipinski definition) is 2. The quantitative estimate of drug-likeness (QED) is 0.490. The van der Waals surface area contributed by atoms with Gasteiger partial charge in [0.2, 0.25) is 0 Å². The first-order chi connectivity index (χ1) is 9.69. The number of nitrogens with one attached hydrogen (secondary N) is 2. The molecule has 1 aromatic heterocycles. The number of anilines is 1. The van der Waals surface area contributed by atoms with Gasteiger partial charge in [-0.3, -0.25) is 10.1 Å². The molecule has 1 amide bonds. The molecule has 8 heteroatoms. The van der Waals surface area contributed by atoms with E-state index in [9.17, 15) is 14.9 Å². The first kappa shape index (κ1) is 16.7. The van der Waals surface area contributed by atoms with Crippen LogP contribution in [0.3, 0.4) is 0 Å². The Balaban J connectivity index is 2.40. The smallest absolute Gasteiger partial charge is 0.407 e. The minimum absolute atomic E-state index is 0.0510. The van der Waals surface area contributed by atoms with Crippen molar-refractivity contribution < 1.29 is 14.5 Å². The van der Waals surface area contributed by atoms with Crippen LogP contribution in [-0.4, -0.2) is 34.7 Å². The van der Waals surface area contributed by atoms with E-state index in [0.717, 1.165) is 0 Å². The summed E-state index contributed by atoms with van der Waals surface area (Å²) in [4.78, 5) is 25.5. The van der Waals surface area contributed by atoms with Gasteiger partial charge in [0.1, 0.15) is 17.6 Å². The van der Waals surface area contributed by atoms with Gasteiger partial charge in [-0.1, -0.05) is 0 Å². The molecule has 0 unspecified atom stereocenters. The molecule has 0 bridgehead atoms. The Morgan fingerprint density at radius 1 is 1.43 bits per heavy atom. The molecule has 1 aromatic rings. The molecule has 116 valence electrons. The number of nitrogens with zero attached hydrogens (tertiary/aromatic N) is 2. The molecule has 0 aliphatic rings. The predicted molar refractivity (Wildman–Crippen MR) is 78.4 cm³/mol. The molecule has 0 atom stereocenters. The highest BCUT2D eigenvalue weighted by molar-refractivity contribution is 5.67. The third-order valence-electron chi connectivity index (χ3n) is 2.36. The molecule has 2 N–H and O–H groups in total. The van der Waals surface area contributed by atoms with E-state index in [1.165, 1.54) is 12.3 Å². The summed E-state index contributed by atoms with van der Waals surface area (Å²) >= 11 is 0. The summed E-state index contributed by atoms with van der Waals surface area (Å²) < 4.78 is 5.09. The molecule has 0 spiro atoms. The van der Waals surface area contributed by atoms with Gasteiger partial charge in [-0.15, -0.1) is 0 Å². The summed E-state index contributed by atoms with van der Waals surface area (Å²) in [6.45, 7) is 7.88. The average molecular weight is 296 g/mol. The molecule has 0 radical (unpaired) electrons. The zero-order valence-corrected chi connectivity index (χ0v) is 12.6. The lowest BCUT2D eigenvalue weighted by molar-refractivity contribution is -0.385. The largest absolute Gasteiger partial charge is 0.444 e. The van der Waals surface area contributed by atoms with Crippen molar-refractivity contribution in [2.24, 2.45) is 0 Å². The summed E-state index contributed by atoms with van der Waals surface area (Å²) in [5.41, 5.74) is 0.0833. The fourth-order valence-corrected chi connectivity index (χ4v) is 1.50. The number of carbonyl (C=O) groups is 1. The van der Waals surface area contributed by atoms with Crippen LogP contribution in [0.4, 0.5) is 16.3 Å². The maximum Gasteiger partial charge on any atom is 0.407 e. The van der Waals surface area contributed by atoms with Crippen molar-refractivity contribution in [3.05, 3.63) is 27.9 Å². The number of carbonyl (C=O) groups excluding carboxylic acids is 1. The second-order valence-electron chi connectivity index (χ2n) is 5.47. The molecular weight excluding hydrogens is 276 g/mol. The van der Waals surface area contributed by atoms with E-state index >= 15 is 0 Å². The number of aromatic nitrogens is 1. The van der Waals surface area contributed by atoms with Gasteiger partial charge >= 0.3 is 6.09 Å². The standard InChI is InChI=1S/C13H20N4O4/c1-9-7-10(17(19)20)8-16-11(9)14-5-6-15-12(18)21-13(2,3)4/h7-8H,5-6H2,1-4H3,(H,14,16)(H,15,18). The highest BCUT2D eigenvalue weighted by Crippen LogP contribution is 2.17. The van der Waals surface area contributed by atoms with Crippen molar-refractivity contribution in [3.63, 3.8) is 0 Å². The third kappa shape index (κ3) is 6.07. The fraction of sp³-hybridized carbons (Fsp3) is 0.538. The second kappa shape index (κ2) is 6.87. The van der Waals surface area contributed by atoms with E-state index in [-0.39, 0.29) is 5.69 Å². The molecule has 0 saturated carbocycles. The Labute approximate surface area is 123 Å². The lowest BCUT2D eigenvalue weighted by Gasteiger charge is -2.19. The Bertz CT molecular complexity index is 525. The van der Waals surface area contributed by atoms with Gasteiger partial charge in [0.15, 0.2) is 0 Å². The minimum atomic E-state index is -0.534. The first-order valence-corrected chi connectivity index (χ1v) is 6.51. The highest BCUT2D eigenvalue weighted by atomic mass is 16.6. The Kier molecular flexibility index (Phi) is 5.45. The van der Waals surface area contributed by atoms with Gasteiger partial charge in [0, 0.05) is 19.2 Å². The second-order valence-corrected chi connectivity index (χ2v) is 5.47. The van der Waals surface area contributed by atoms with Gasteiger partial charge in [0.05, 0.1) is 4.92 Å². The van der Waals surface area contributed by atoms with E-state index in [4.69, 9.17) is 4.74 Å². The zero-order valence-electron chi connectivity index (χ0n) is 12.6. The van der Waals surface area contributed by atoms with Crippen molar-refractivity contribution in [3.8, 4) is 0 Å². The third-order valence-corrected chi connectivity index (χ3v) is 2.36. The van der Waals surface area contributed by atoms with Crippen LogP contribution in [0.25, 0.3) is 0 Å². The van der Waals surface area contributed by atoms with Crippen molar-refractivity contribution in [1.29, 1.82) is 0 Å². The number of pyridine rings is 1. The molecule has 0 saturated heterocycles. The number of ether oxygens (including phenoxy) is 1. The summed E-state index contributed by atoms with van der Waals surface area (Å²) in [6, 6.07) is 1.44. The van der Waals surface area contributed by atoms with Crippen LogP contribution in [0.1, 0.15) is 26.3 Å². The van der Waals surface area contributed by atoms with Crippen molar-refractivity contribution in [2.75, 3.05) is 18.4 Å². The molecule has 21 heavy (non-hydrogen) atoms. The van der Waals surface area contributed by atoms with Crippen molar-refractivity contribution in [1.82, 2.24) is 10.3 Å². The fourth-order valence-electron chi connectivity index (χ4n) is 1.50. The van der Waals surface area contributed by atoms with E-state index in [2.05, 4.69) is 15.6 Å². The molecule has 1 heterocycles. The van der Waals surface area contributed by atoms with E-state index in [0.29, 0.717) is 24.5 Å². The van der Waals surface area contributed by atoms with Crippen LogP contribution in [0.5, 0.6) is 0 Å². The monoisotopic (exact) mass is 296 g/mol. The number of hydrogen-bond acceptors (Lipinski definition) is 6. The molecule has 8 nitrogen and oxygen atoms in total. The molecule has 0 fully saturated rings. The van der Waals surface area contributed by atoms with Gasteiger partial charge < -0.3 is 15.4 Å². The molecule has 1 rings (SSSR count). The molecule has 0 aliphatic heterocycles. The Morgan fingerprint density at radius 2 is 2.10 bits per heavy atom. The van der Waals surface area contributed by atoms with Crippen LogP contribution >= 0.6 is 0 Å². The Hall–Kier alpha value is -2.38. The van der Waals surface area contributed by atoms with E-state index in [1.807, 2.05) is 0 Å². The topological polar surface area (TPSA) is 106 Å². The van der Waals surface area contributed by atoms with Crippen molar-refractivity contribution >= 4 is 17.6 Å².